The zero-order valence-electron chi connectivity index (χ0n) is 15.1. The van der Waals surface area contributed by atoms with E-state index in [1.165, 1.54) is 22.9 Å². The number of rotatable bonds is 5. The van der Waals surface area contributed by atoms with Gasteiger partial charge in [-0.1, -0.05) is 71.4 Å². The highest BCUT2D eigenvalue weighted by Gasteiger charge is 2.15. The highest BCUT2D eigenvalue weighted by molar-refractivity contribution is 7.99. The van der Waals surface area contributed by atoms with Crippen LogP contribution >= 0.6 is 11.8 Å². The lowest BCUT2D eigenvalue weighted by Gasteiger charge is -2.04. The lowest BCUT2D eigenvalue weighted by molar-refractivity contribution is -0.117. The van der Waals surface area contributed by atoms with Crippen molar-refractivity contribution in [3.05, 3.63) is 59.7 Å². The molecule has 3 rings (SSSR count). The molecule has 0 fully saturated rings. The van der Waals surface area contributed by atoms with Crippen molar-refractivity contribution in [3.63, 3.8) is 0 Å². The number of aromatic nitrogens is 2. The molecule has 0 aliphatic rings. The highest BCUT2D eigenvalue weighted by Crippen LogP contribution is 2.33. The molecule has 3 aromatic rings. The Morgan fingerprint density at radius 2 is 1.56 bits per heavy atom. The zero-order valence-corrected chi connectivity index (χ0v) is 15.9. The number of carbonyl (C=O) groups excluding carboxylic acids is 2. The molecule has 27 heavy (non-hydrogen) atoms. The van der Waals surface area contributed by atoms with Crippen molar-refractivity contribution < 1.29 is 9.59 Å². The average molecular weight is 380 g/mol. The monoisotopic (exact) mass is 380 g/mol. The lowest BCUT2D eigenvalue weighted by atomic mass is 10.0. The molecule has 1 aromatic heterocycles. The molecule has 7 heteroatoms. The number of nitrogens with two attached hydrogens (primary N) is 1. The van der Waals surface area contributed by atoms with E-state index in [-0.39, 0.29) is 5.75 Å². The molecule has 0 atom stereocenters. The Morgan fingerprint density at radius 3 is 2.11 bits per heavy atom. The Kier molecular flexibility index (Phi) is 5.61. The molecule has 0 aliphatic heterocycles. The van der Waals surface area contributed by atoms with Crippen molar-refractivity contribution in [2.24, 2.45) is 5.73 Å². The van der Waals surface area contributed by atoms with Crippen LogP contribution in [0.5, 0.6) is 0 Å². The average Bonchev–Trinajstić information content (AvgIpc) is 3.05. The fourth-order valence-electron chi connectivity index (χ4n) is 2.58. The molecule has 0 bridgehead atoms. The van der Waals surface area contributed by atoms with E-state index in [0.717, 1.165) is 22.5 Å². The number of carbonyl (C=O) groups is 2. The minimum atomic E-state index is -0.860. The molecule has 3 amide bonds. The summed E-state index contributed by atoms with van der Waals surface area (Å²) in [5, 5.41) is 2.65. The summed E-state index contributed by atoms with van der Waals surface area (Å²) in [5.74, 6) is -0.422. The van der Waals surface area contributed by atoms with Gasteiger partial charge in [0, 0.05) is 11.1 Å². The van der Waals surface area contributed by atoms with E-state index in [1.54, 1.807) is 0 Å². The van der Waals surface area contributed by atoms with Crippen LogP contribution in [0.4, 0.5) is 4.79 Å². The first-order chi connectivity index (χ1) is 12.9. The smallest absolute Gasteiger partial charge is 0.318 e. The number of thioether (sulfide) groups is 1. The van der Waals surface area contributed by atoms with E-state index in [4.69, 9.17) is 5.73 Å². The van der Waals surface area contributed by atoms with E-state index in [0.29, 0.717) is 5.16 Å². The molecule has 4 N–H and O–H groups in total. The van der Waals surface area contributed by atoms with Crippen LogP contribution in [0.1, 0.15) is 11.1 Å². The summed E-state index contributed by atoms with van der Waals surface area (Å²) in [7, 11) is 0. The second kappa shape index (κ2) is 8.09. The van der Waals surface area contributed by atoms with E-state index < -0.39 is 11.9 Å². The zero-order chi connectivity index (χ0) is 19.4. The van der Waals surface area contributed by atoms with E-state index in [9.17, 15) is 9.59 Å². The number of urea groups is 1. The van der Waals surface area contributed by atoms with Crippen LogP contribution in [-0.2, 0) is 4.79 Å². The van der Waals surface area contributed by atoms with Crippen molar-refractivity contribution in [2.75, 3.05) is 5.75 Å². The maximum atomic E-state index is 11.7. The number of nitrogens with one attached hydrogen (secondary N) is 2. The van der Waals surface area contributed by atoms with Crippen LogP contribution in [0, 0.1) is 13.8 Å². The number of aromatic amines is 1. The first-order valence-corrected chi connectivity index (χ1v) is 9.37. The number of nitrogens with zero attached hydrogens (tertiary/aromatic N) is 1. The number of imidazole rings is 1. The van der Waals surface area contributed by atoms with Gasteiger partial charge in [0.25, 0.3) is 0 Å². The third kappa shape index (κ3) is 4.77. The van der Waals surface area contributed by atoms with E-state index >= 15 is 0 Å². The molecular weight excluding hydrogens is 360 g/mol. The summed E-state index contributed by atoms with van der Waals surface area (Å²) in [5.41, 5.74) is 11.0. The SMILES string of the molecule is Cc1ccc(-c2nc(SCC(=O)NC(N)=O)[nH]c2-c2ccc(C)cc2)cc1. The van der Waals surface area contributed by atoms with Crippen molar-refractivity contribution in [2.45, 2.75) is 19.0 Å². The van der Waals surface area contributed by atoms with Gasteiger partial charge in [-0.25, -0.2) is 9.78 Å². The lowest BCUT2D eigenvalue weighted by Crippen LogP contribution is -2.36. The van der Waals surface area contributed by atoms with Crippen LogP contribution < -0.4 is 11.1 Å². The summed E-state index contributed by atoms with van der Waals surface area (Å²) in [6.07, 6.45) is 0. The number of amides is 3. The predicted molar refractivity (Wildman–Crippen MR) is 107 cm³/mol. The first kappa shape index (κ1) is 18.7. The van der Waals surface area contributed by atoms with Crippen LogP contribution in [0.25, 0.3) is 22.5 Å². The number of hydrogen-bond donors (Lipinski definition) is 3. The topological polar surface area (TPSA) is 101 Å². The van der Waals surface area contributed by atoms with Gasteiger partial charge in [0.15, 0.2) is 5.16 Å². The van der Waals surface area contributed by atoms with Crippen LogP contribution in [-0.4, -0.2) is 27.7 Å². The normalized spacial score (nSPS) is 10.6. The van der Waals surface area contributed by atoms with Crippen LogP contribution in [0.2, 0.25) is 0 Å². The van der Waals surface area contributed by atoms with Gasteiger partial charge in [0.05, 0.1) is 17.1 Å². The minimum Gasteiger partial charge on any atom is -0.351 e. The van der Waals surface area contributed by atoms with Gasteiger partial charge >= 0.3 is 6.03 Å². The highest BCUT2D eigenvalue weighted by atomic mass is 32.2. The Labute approximate surface area is 161 Å². The number of imide groups is 1. The number of primary amides is 1. The van der Waals surface area contributed by atoms with Crippen molar-refractivity contribution in [3.8, 4) is 22.5 Å². The Bertz CT molecular complexity index is 900. The van der Waals surface area contributed by atoms with E-state index in [2.05, 4.69) is 9.97 Å². The molecule has 0 saturated heterocycles. The van der Waals surface area contributed by atoms with Crippen molar-refractivity contribution >= 4 is 23.7 Å². The third-order valence-corrected chi connectivity index (χ3v) is 4.82. The Balaban J connectivity index is 1.93. The largest absolute Gasteiger partial charge is 0.351 e. The molecule has 0 aliphatic carbocycles. The second-order valence-electron chi connectivity index (χ2n) is 6.20. The maximum absolute atomic E-state index is 11.7. The maximum Gasteiger partial charge on any atom is 0.318 e. The van der Waals surface area contributed by atoms with Gasteiger partial charge < -0.3 is 10.7 Å². The Hall–Kier alpha value is -3.06. The van der Waals surface area contributed by atoms with Gasteiger partial charge in [0.1, 0.15) is 0 Å². The summed E-state index contributed by atoms with van der Waals surface area (Å²) < 4.78 is 0. The van der Waals surface area contributed by atoms with Crippen LogP contribution in [0.15, 0.2) is 53.7 Å². The van der Waals surface area contributed by atoms with Gasteiger partial charge in [0.2, 0.25) is 5.91 Å². The van der Waals surface area contributed by atoms with Crippen molar-refractivity contribution in [1.82, 2.24) is 15.3 Å². The number of aryl methyl sites for hydroxylation is 2. The number of H-pyrrole nitrogens is 1. The fraction of sp³-hybridized carbons (Fsp3) is 0.150. The summed E-state index contributed by atoms with van der Waals surface area (Å²) in [6.45, 7) is 4.07. The quantitative estimate of drug-likeness (QED) is 0.588. The predicted octanol–water partition coefficient (Wildman–Crippen LogP) is 3.65. The fourth-order valence-corrected chi connectivity index (χ4v) is 3.25. The summed E-state index contributed by atoms with van der Waals surface area (Å²) in [4.78, 5) is 30.4. The molecule has 0 radical (unpaired) electrons. The summed E-state index contributed by atoms with van der Waals surface area (Å²) in [6, 6.07) is 15.4. The number of hydrogen-bond acceptors (Lipinski definition) is 4. The van der Waals surface area contributed by atoms with Gasteiger partial charge in [-0.15, -0.1) is 0 Å². The van der Waals surface area contributed by atoms with Gasteiger partial charge in [-0.2, -0.15) is 0 Å². The van der Waals surface area contributed by atoms with Gasteiger partial charge in [-0.3, -0.25) is 10.1 Å². The Morgan fingerprint density at radius 1 is 1.00 bits per heavy atom. The molecule has 6 nitrogen and oxygen atoms in total. The minimum absolute atomic E-state index is 0.0388. The first-order valence-electron chi connectivity index (χ1n) is 8.38. The van der Waals surface area contributed by atoms with E-state index in [1.807, 2.05) is 67.7 Å². The molecule has 0 saturated carbocycles. The third-order valence-electron chi connectivity index (χ3n) is 3.95. The van der Waals surface area contributed by atoms with Crippen LogP contribution in [0.3, 0.4) is 0 Å². The van der Waals surface area contributed by atoms with Crippen molar-refractivity contribution in [1.29, 1.82) is 0 Å². The summed E-state index contributed by atoms with van der Waals surface area (Å²) >= 11 is 1.21. The molecule has 0 spiro atoms. The molecule has 138 valence electrons. The standard InChI is InChI=1S/C20H20N4O2S/c1-12-3-7-14(8-4-12)17-18(15-9-5-13(2)6-10-15)24-20(23-17)27-11-16(25)22-19(21)26/h3-10H,11H2,1-2H3,(H,23,24)(H3,21,22,25,26). The second-order valence-corrected chi connectivity index (χ2v) is 7.16. The number of benzene rings is 2. The molecule has 2 aromatic carbocycles. The molecular formula is C20H20N4O2S. The molecule has 1 heterocycles. The molecule has 0 unspecified atom stereocenters. The van der Waals surface area contributed by atoms with Gasteiger partial charge in [-0.05, 0) is 13.8 Å².